The van der Waals surface area contributed by atoms with E-state index in [1.54, 1.807) is 14.2 Å². The summed E-state index contributed by atoms with van der Waals surface area (Å²) in [5.41, 5.74) is 3.63. The highest BCUT2D eigenvalue weighted by Gasteiger charge is 2.22. The Kier molecular flexibility index (Phi) is 4.36. The molecule has 2 aliphatic heterocycles. The lowest BCUT2D eigenvalue weighted by Crippen LogP contribution is -2.30. The van der Waals surface area contributed by atoms with E-state index in [1.807, 2.05) is 12.1 Å². The molecule has 4 rings (SSSR count). The van der Waals surface area contributed by atoms with Crippen molar-refractivity contribution in [3.63, 3.8) is 0 Å². The van der Waals surface area contributed by atoms with E-state index < -0.39 is 0 Å². The third kappa shape index (κ3) is 3.10. The van der Waals surface area contributed by atoms with Crippen molar-refractivity contribution in [1.82, 2.24) is 4.90 Å². The first-order valence-corrected chi connectivity index (χ1v) is 8.60. The van der Waals surface area contributed by atoms with Crippen molar-refractivity contribution in [2.24, 2.45) is 0 Å². The van der Waals surface area contributed by atoms with Crippen LogP contribution in [0.1, 0.15) is 16.7 Å². The van der Waals surface area contributed by atoms with Gasteiger partial charge < -0.3 is 18.9 Å². The van der Waals surface area contributed by atoms with E-state index in [0.29, 0.717) is 5.02 Å². The van der Waals surface area contributed by atoms with Gasteiger partial charge in [0.1, 0.15) is 0 Å². The van der Waals surface area contributed by atoms with Gasteiger partial charge in [-0.3, -0.25) is 4.90 Å². The Morgan fingerprint density at radius 2 is 1.68 bits per heavy atom. The molecule has 0 radical (unpaired) electrons. The van der Waals surface area contributed by atoms with Gasteiger partial charge in [-0.25, -0.2) is 0 Å². The quantitative estimate of drug-likeness (QED) is 0.831. The summed E-state index contributed by atoms with van der Waals surface area (Å²) in [5.74, 6) is 3.04. The molecule has 0 saturated carbocycles. The summed E-state index contributed by atoms with van der Waals surface area (Å²) in [4.78, 5) is 2.37. The number of fused-ring (bicyclic) bond motifs is 2. The lowest BCUT2D eigenvalue weighted by molar-refractivity contribution is 0.174. The molecule has 0 saturated heterocycles. The molecule has 2 aromatic rings. The van der Waals surface area contributed by atoms with Crippen molar-refractivity contribution in [3.8, 4) is 23.0 Å². The molecule has 0 atom stereocenters. The summed E-state index contributed by atoms with van der Waals surface area (Å²) in [7, 11) is 3.33. The minimum absolute atomic E-state index is 0.258. The molecule has 2 aliphatic rings. The number of rotatable bonds is 4. The van der Waals surface area contributed by atoms with Gasteiger partial charge in [-0.05, 0) is 41.3 Å². The van der Waals surface area contributed by atoms with Crippen LogP contribution in [-0.4, -0.2) is 32.5 Å². The maximum absolute atomic E-state index is 6.42. The number of halogens is 1. The van der Waals surface area contributed by atoms with Gasteiger partial charge in [0.05, 0.1) is 14.2 Å². The zero-order valence-corrected chi connectivity index (χ0v) is 15.1. The maximum Gasteiger partial charge on any atom is 0.231 e. The molecule has 0 spiro atoms. The fourth-order valence-electron chi connectivity index (χ4n) is 3.40. The summed E-state index contributed by atoms with van der Waals surface area (Å²) >= 11 is 6.42. The van der Waals surface area contributed by atoms with Crippen molar-refractivity contribution in [3.05, 3.63) is 46.0 Å². The van der Waals surface area contributed by atoms with Gasteiger partial charge >= 0.3 is 0 Å². The molecule has 0 bridgehead atoms. The van der Waals surface area contributed by atoms with Gasteiger partial charge in [-0.2, -0.15) is 0 Å². The van der Waals surface area contributed by atoms with Crippen LogP contribution in [0.3, 0.4) is 0 Å². The van der Waals surface area contributed by atoms with Gasteiger partial charge in [-0.15, -0.1) is 0 Å². The second-order valence-corrected chi connectivity index (χ2v) is 6.64. The standard InChI is InChI=1S/C19H20ClNO4/c1-22-16-5-12-3-4-21(9-13(12)6-17(16)23-2)10-14-7-18-19(8-15(14)20)25-11-24-18/h5-8H,3-4,9-11H2,1-2H3. The number of hydrogen-bond acceptors (Lipinski definition) is 5. The Morgan fingerprint density at radius 1 is 1.00 bits per heavy atom. The number of nitrogens with zero attached hydrogens (tertiary/aromatic N) is 1. The van der Waals surface area contributed by atoms with Gasteiger partial charge in [-0.1, -0.05) is 11.6 Å². The van der Waals surface area contributed by atoms with Crippen LogP contribution in [0.15, 0.2) is 24.3 Å². The molecule has 2 heterocycles. The van der Waals surface area contributed by atoms with Crippen molar-refractivity contribution in [1.29, 1.82) is 0 Å². The van der Waals surface area contributed by atoms with Crippen LogP contribution in [0.4, 0.5) is 0 Å². The largest absolute Gasteiger partial charge is 0.493 e. The lowest BCUT2D eigenvalue weighted by atomic mass is 9.98. The van der Waals surface area contributed by atoms with Crippen LogP contribution in [0.25, 0.3) is 0 Å². The SMILES string of the molecule is COc1cc2c(cc1OC)CN(Cc1cc3c(cc1Cl)OCO3)CC2. The van der Waals surface area contributed by atoms with Gasteiger partial charge in [0.2, 0.25) is 6.79 Å². The number of benzene rings is 2. The normalized spacial score (nSPS) is 15.8. The molecule has 0 unspecified atom stereocenters. The smallest absolute Gasteiger partial charge is 0.231 e. The summed E-state index contributed by atoms with van der Waals surface area (Å²) in [6.07, 6.45) is 0.970. The first kappa shape index (κ1) is 16.4. The minimum atomic E-state index is 0.258. The van der Waals surface area contributed by atoms with Gasteiger partial charge in [0, 0.05) is 30.7 Å². The van der Waals surface area contributed by atoms with Crippen molar-refractivity contribution in [2.75, 3.05) is 27.6 Å². The molecular formula is C19H20ClNO4. The van der Waals surface area contributed by atoms with Crippen LogP contribution >= 0.6 is 11.6 Å². The predicted octanol–water partition coefficient (Wildman–Crippen LogP) is 3.64. The zero-order chi connectivity index (χ0) is 17.4. The highest BCUT2D eigenvalue weighted by molar-refractivity contribution is 6.31. The molecular weight excluding hydrogens is 342 g/mol. The first-order chi connectivity index (χ1) is 12.2. The molecule has 0 amide bonds. The van der Waals surface area contributed by atoms with Crippen LogP contribution in [-0.2, 0) is 19.5 Å². The Hall–Kier alpha value is -2.11. The van der Waals surface area contributed by atoms with Crippen LogP contribution in [0.2, 0.25) is 5.02 Å². The van der Waals surface area contributed by atoms with Crippen molar-refractivity contribution < 1.29 is 18.9 Å². The van der Waals surface area contributed by atoms with Crippen molar-refractivity contribution >= 4 is 11.6 Å². The Balaban J connectivity index is 1.55. The monoisotopic (exact) mass is 361 g/mol. The molecule has 132 valence electrons. The van der Waals surface area contributed by atoms with E-state index in [4.69, 9.17) is 30.5 Å². The molecule has 0 aromatic heterocycles. The lowest BCUT2D eigenvalue weighted by Gasteiger charge is -2.29. The molecule has 5 nitrogen and oxygen atoms in total. The fourth-order valence-corrected chi connectivity index (χ4v) is 3.61. The second kappa shape index (κ2) is 6.65. The predicted molar refractivity (Wildman–Crippen MR) is 94.9 cm³/mol. The first-order valence-electron chi connectivity index (χ1n) is 8.22. The van der Waals surface area contributed by atoms with Crippen LogP contribution in [0, 0.1) is 0 Å². The highest BCUT2D eigenvalue weighted by Crippen LogP contribution is 2.38. The minimum Gasteiger partial charge on any atom is -0.493 e. The number of hydrogen-bond donors (Lipinski definition) is 0. The molecule has 0 N–H and O–H groups in total. The van der Waals surface area contributed by atoms with E-state index in [1.165, 1.54) is 11.1 Å². The molecule has 0 aliphatic carbocycles. The highest BCUT2D eigenvalue weighted by atomic mass is 35.5. The van der Waals surface area contributed by atoms with Gasteiger partial charge in [0.15, 0.2) is 23.0 Å². The average Bonchev–Trinajstić information content (AvgIpc) is 3.07. The second-order valence-electron chi connectivity index (χ2n) is 6.23. The molecule has 25 heavy (non-hydrogen) atoms. The van der Waals surface area contributed by atoms with E-state index in [9.17, 15) is 0 Å². The van der Waals surface area contributed by atoms with E-state index in [2.05, 4.69) is 17.0 Å². The molecule has 6 heteroatoms. The maximum atomic E-state index is 6.42. The Morgan fingerprint density at radius 3 is 2.40 bits per heavy atom. The molecule has 2 aromatic carbocycles. The summed E-state index contributed by atoms with van der Waals surface area (Å²) in [6, 6.07) is 7.97. The third-order valence-electron chi connectivity index (χ3n) is 4.73. The van der Waals surface area contributed by atoms with E-state index >= 15 is 0 Å². The van der Waals surface area contributed by atoms with E-state index in [-0.39, 0.29) is 6.79 Å². The topological polar surface area (TPSA) is 40.2 Å². The third-order valence-corrected chi connectivity index (χ3v) is 5.08. The summed E-state index contributed by atoms with van der Waals surface area (Å²) < 4.78 is 21.7. The number of methoxy groups -OCH3 is 2. The average molecular weight is 362 g/mol. The fraction of sp³-hybridized carbons (Fsp3) is 0.368. The number of ether oxygens (including phenoxy) is 4. The summed E-state index contributed by atoms with van der Waals surface area (Å²) in [6.45, 7) is 2.84. The van der Waals surface area contributed by atoms with E-state index in [0.717, 1.165) is 54.6 Å². The van der Waals surface area contributed by atoms with Crippen LogP contribution in [0.5, 0.6) is 23.0 Å². The van der Waals surface area contributed by atoms with Crippen LogP contribution < -0.4 is 18.9 Å². The summed E-state index contributed by atoms with van der Waals surface area (Å²) in [5, 5.41) is 0.711. The van der Waals surface area contributed by atoms with Crippen molar-refractivity contribution in [2.45, 2.75) is 19.5 Å². The zero-order valence-electron chi connectivity index (χ0n) is 14.3. The Labute approximate surface area is 152 Å². The molecule has 0 fully saturated rings. The van der Waals surface area contributed by atoms with Gasteiger partial charge in [0.25, 0.3) is 0 Å². The Bertz CT molecular complexity index is 808.